The molecular formula is C26H32F3N9O. The van der Waals surface area contributed by atoms with Crippen LogP contribution in [0, 0.1) is 0 Å². The van der Waals surface area contributed by atoms with E-state index in [0.717, 1.165) is 30.7 Å². The van der Waals surface area contributed by atoms with Crippen molar-refractivity contribution >= 4 is 28.0 Å². The number of morpholine rings is 1. The highest BCUT2D eigenvalue weighted by Crippen LogP contribution is 2.34. The number of hydrogen-bond donors (Lipinski definition) is 1. The van der Waals surface area contributed by atoms with Gasteiger partial charge in [0, 0.05) is 44.8 Å². The maximum absolute atomic E-state index is 14.1. The number of nitrogens with zero attached hydrogens (tertiary/aromatic N) is 8. The van der Waals surface area contributed by atoms with Crippen LogP contribution in [-0.2, 0) is 17.5 Å². The van der Waals surface area contributed by atoms with Crippen molar-refractivity contribution in [2.45, 2.75) is 39.0 Å². The SMILES string of the molecule is CC(C)(C)N1CCN(Cc2nc3nc(-n4c(C(F)(F)F)nc5ccccc54)nc(N4CCOCC4)c3[nH]2)CC1. The van der Waals surface area contributed by atoms with Crippen molar-refractivity contribution in [2.24, 2.45) is 0 Å². The summed E-state index contributed by atoms with van der Waals surface area (Å²) in [4.78, 5) is 28.0. The molecule has 1 N–H and O–H groups in total. The van der Waals surface area contributed by atoms with Crippen LogP contribution in [0.15, 0.2) is 24.3 Å². The summed E-state index contributed by atoms with van der Waals surface area (Å²) in [5.74, 6) is 0.0486. The van der Waals surface area contributed by atoms with Crippen LogP contribution < -0.4 is 4.90 Å². The smallest absolute Gasteiger partial charge is 0.378 e. The summed E-state index contributed by atoms with van der Waals surface area (Å²) in [7, 11) is 0. The van der Waals surface area contributed by atoms with Crippen LogP contribution in [0.3, 0.4) is 0 Å². The second-order valence-electron chi connectivity index (χ2n) is 11.0. The molecule has 39 heavy (non-hydrogen) atoms. The van der Waals surface area contributed by atoms with E-state index < -0.39 is 12.0 Å². The van der Waals surface area contributed by atoms with E-state index in [-0.39, 0.29) is 22.5 Å². The second-order valence-corrected chi connectivity index (χ2v) is 11.0. The number of anilines is 1. The molecule has 0 unspecified atom stereocenters. The zero-order valence-electron chi connectivity index (χ0n) is 22.3. The number of piperazine rings is 1. The third kappa shape index (κ3) is 5.06. The molecule has 208 valence electrons. The average Bonchev–Trinajstić information content (AvgIpc) is 3.49. The van der Waals surface area contributed by atoms with Crippen molar-refractivity contribution in [3.05, 3.63) is 35.9 Å². The Morgan fingerprint density at radius 2 is 1.62 bits per heavy atom. The molecule has 0 bridgehead atoms. The molecule has 4 aromatic rings. The van der Waals surface area contributed by atoms with Crippen LogP contribution >= 0.6 is 0 Å². The molecule has 0 spiro atoms. The molecule has 6 rings (SSSR count). The maximum Gasteiger partial charge on any atom is 0.450 e. The molecule has 2 saturated heterocycles. The van der Waals surface area contributed by atoms with Gasteiger partial charge in [-0.2, -0.15) is 23.1 Å². The van der Waals surface area contributed by atoms with Crippen LogP contribution in [0.2, 0.25) is 0 Å². The highest BCUT2D eigenvalue weighted by molar-refractivity contribution is 5.85. The van der Waals surface area contributed by atoms with Gasteiger partial charge in [-0.05, 0) is 32.9 Å². The number of alkyl halides is 3. The van der Waals surface area contributed by atoms with Gasteiger partial charge in [0.25, 0.3) is 0 Å². The summed E-state index contributed by atoms with van der Waals surface area (Å²) >= 11 is 0. The molecule has 0 aliphatic carbocycles. The van der Waals surface area contributed by atoms with E-state index in [4.69, 9.17) is 9.72 Å². The highest BCUT2D eigenvalue weighted by Gasteiger charge is 2.39. The fraction of sp³-hybridized carbons (Fsp3) is 0.538. The number of ether oxygens (including phenoxy) is 1. The lowest BCUT2D eigenvalue weighted by Crippen LogP contribution is -2.53. The monoisotopic (exact) mass is 543 g/mol. The first-order chi connectivity index (χ1) is 18.6. The number of imidazole rings is 2. The Kier molecular flexibility index (Phi) is 6.47. The summed E-state index contributed by atoms with van der Waals surface area (Å²) in [6.07, 6.45) is -4.69. The van der Waals surface area contributed by atoms with Gasteiger partial charge >= 0.3 is 6.18 Å². The Bertz CT molecular complexity index is 1480. The lowest BCUT2D eigenvalue weighted by Gasteiger charge is -2.42. The Labute approximate surface area is 223 Å². The minimum absolute atomic E-state index is 0.109. The van der Waals surface area contributed by atoms with E-state index in [2.05, 4.69) is 50.5 Å². The molecule has 1 aromatic carbocycles. The zero-order chi connectivity index (χ0) is 27.4. The third-order valence-corrected chi connectivity index (χ3v) is 7.39. The van der Waals surface area contributed by atoms with Gasteiger partial charge in [-0.3, -0.25) is 14.4 Å². The van der Waals surface area contributed by atoms with Gasteiger partial charge in [0.1, 0.15) is 11.3 Å². The van der Waals surface area contributed by atoms with Crippen LogP contribution in [0.25, 0.3) is 28.1 Å². The molecule has 2 fully saturated rings. The van der Waals surface area contributed by atoms with Crippen molar-refractivity contribution < 1.29 is 17.9 Å². The summed E-state index contributed by atoms with van der Waals surface area (Å²) in [6, 6.07) is 6.47. The van der Waals surface area contributed by atoms with Gasteiger partial charge in [0.05, 0.1) is 30.8 Å². The van der Waals surface area contributed by atoms with Gasteiger partial charge < -0.3 is 14.6 Å². The largest absolute Gasteiger partial charge is 0.450 e. The van der Waals surface area contributed by atoms with Gasteiger partial charge in [-0.1, -0.05) is 12.1 Å². The normalized spacial score (nSPS) is 18.5. The van der Waals surface area contributed by atoms with Crippen LogP contribution in [0.1, 0.15) is 32.4 Å². The van der Waals surface area contributed by atoms with E-state index in [9.17, 15) is 13.2 Å². The van der Waals surface area contributed by atoms with E-state index in [1.165, 1.54) is 0 Å². The first-order valence-corrected chi connectivity index (χ1v) is 13.2. The third-order valence-electron chi connectivity index (χ3n) is 7.39. The molecule has 5 heterocycles. The molecule has 2 aliphatic heterocycles. The lowest BCUT2D eigenvalue weighted by atomic mass is 10.1. The molecule has 0 atom stereocenters. The fourth-order valence-electron chi connectivity index (χ4n) is 5.31. The molecule has 3 aromatic heterocycles. The first-order valence-electron chi connectivity index (χ1n) is 13.2. The highest BCUT2D eigenvalue weighted by atomic mass is 19.4. The van der Waals surface area contributed by atoms with E-state index in [1.54, 1.807) is 24.3 Å². The van der Waals surface area contributed by atoms with Crippen LogP contribution in [-0.4, -0.2) is 97.3 Å². The number of fused-ring (bicyclic) bond motifs is 2. The number of aromatic amines is 1. The van der Waals surface area contributed by atoms with Crippen molar-refractivity contribution in [1.29, 1.82) is 0 Å². The van der Waals surface area contributed by atoms with E-state index >= 15 is 0 Å². The quantitative estimate of drug-likeness (QED) is 0.419. The Morgan fingerprint density at radius 1 is 0.897 bits per heavy atom. The van der Waals surface area contributed by atoms with Gasteiger partial charge in [0.15, 0.2) is 11.5 Å². The number of aromatic nitrogens is 6. The zero-order valence-corrected chi connectivity index (χ0v) is 22.3. The van der Waals surface area contributed by atoms with E-state index in [0.29, 0.717) is 55.7 Å². The molecule has 10 nitrogen and oxygen atoms in total. The van der Waals surface area contributed by atoms with Crippen molar-refractivity contribution in [3.63, 3.8) is 0 Å². The number of hydrogen-bond acceptors (Lipinski definition) is 8. The van der Waals surface area contributed by atoms with Crippen molar-refractivity contribution in [3.8, 4) is 5.95 Å². The minimum Gasteiger partial charge on any atom is -0.378 e. The predicted molar refractivity (Wildman–Crippen MR) is 141 cm³/mol. The number of para-hydroxylation sites is 2. The summed E-state index contributed by atoms with van der Waals surface area (Å²) in [5, 5.41) is 0. The standard InChI is InChI=1S/C26H32F3N9O/c1-25(2,3)37-10-8-35(9-11-37)16-19-31-20-21(32-19)33-24(34-22(20)36-12-14-39-15-13-36)38-18-7-5-4-6-17(18)30-23(38)26(27,28)29/h4-7H,8-16H2,1-3H3,(H,31,32,33,34). The number of H-pyrrole nitrogens is 1. The number of benzene rings is 1. The number of nitrogens with one attached hydrogen (secondary N) is 1. The lowest BCUT2D eigenvalue weighted by molar-refractivity contribution is -0.145. The molecule has 2 aliphatic rings. The molecule has 0 radical (unpaired) electrons. The van der Waals surface area contributed by atoms with Crippen LogP contribution in [0.4, 0.5) is 19.0 Å². The Balaban J connectivity index is 1.41. The molecule has 0 amide bonds. The summed E-state index contributed by atoms with van der Waals surface area (Å²) in [5.41, 5.74) is 1.57. The average molecular weight is 544 g/mol. The Hall–Kier alpha value is -3.29. The fourth-order valence-corrected chi connectivity index (χ4v) is 5.31. The van der Waals surface area contributed by atoms with Crippen LogP contribution in [0.5, 0.6) is 0 Å². The van der Waals surface area contributed by atoms with Crippen molar-refractivity contribution in [2.75, 3.05) is 57.4 Å². The van der Waals surface area contributed by atoms with E-state index in [1.807, 2.05) is 4.90 Å². The summed E-state index contributed by atoms with van der Waals surface area (Å²) in [6.45, 7) is 13.1. The summed E-state index contributed by atoms with van der Waals surface area (Å²) < 4.78 is 48.8. The number of halogens is 3. The second kappa shape index (κ2) is 9.72. The predicted octanol–water partition coefficient (Wildman–Crippen LogP) is 3.46. The van der Waals surface area contributed by atoms with Gasteiger partial charge in [-0.15, -0.1) is 0 Å². The Morgan fingerprint density at radius 3 is 2.31 bits per heavy atom. The minimum atomic E-state index is -4.69. The van der Waals surface area contributed by atoms with Crippen molar-refractivity contribution in [1.82, 2.24) is 39.3 Å². The maximum atomic E-state index is 14.1. The molecule has 13 heteroatoms. The molecular weight excluding hydrogens is 511 g/mol. The number of rotatable bonds is 4. The molecule has 0 saturated carbocycles. The topological polar surface area (TPSA) is 91.2 Å². The van der Waals surface area contributed by atoms with Gasteiger partial charge in [-0.25, -0.2) is 9.97 Å². The first kappa shape index (κ1) is 26.0. The van der Waals surface area contributed by atoms with Gasteiger partial charge in [0.2, 0.25) is 11.8 Å².